The molecule has 0 saturated carbocycles. The molecule has 0 aliphatic rings. The van der Waals surface area contributed by atoms with Gasteiger partial charge in [0.25, 0.3) is 0 Å². The van der Waals surface area contributed by atoms with Crippen LogP contribution in [0, 0.1) is 11.3 Å². The molecule has 0 amide bonds. The third-order valence-electron chi connectivity index (χ3n) is 1.60. The quantitative estimate of drug-likeness (QED) is 0.781. The lowest BCUT2D eigenvalue weighted by Gasteiger charge is -1.89. The van der Waals surface area contributed by atoms with Crippen molar-refractivity contribution in [2.75, 3.05) is 0 Å². The Labute approximate surface area is 83.3 Å². The van der Waals surface area contributed by atoms with Crippen molar-refractivity contribution < 1.29 is 5.11 Å². The zero-order valence-corrected chi connectivity index (χ0v) is 8.15. The molecule has 4 heteroatoms. The number of hydrogen-bond donors (Lipinski definition) is 1. The second-order valence-corrected chi connectivity index (χ2v) is 4.39. The van der Waals surface area contributed by atoms with E-state index in [1.165, 1.54) is 22.7 Å². The van der Waals surface area contributed by atoms with Crippen molar-refractivity contribution in [1.29, 1.82) is 5.26 Å². The summed E-state index contributed by atoms with van der Waals surface area (Å²) >= 11 is 2.81. The Morgan fingerprint density at radius 2 is 2.15 bits per heavy atom. The fourth-order valence-corrected chi connectivity index (χ4v) is 2.77. The van der Waals surface area contributed by atoms with Crippen LogP contribution in [0.2, 0.25) is 0 Å². The summed E-state index contributed by atoms with van der Waals surface area (Å²) in [5.74, 6) is 0. The molecule has 0 atom stereocenters. The minimum atomic E-state index is 0.285. The Balaban J connectivity index is 2.53. The van der Waals surface area contributed by atoms with Gasteiger partial charge in [0, 0.05) is 4.88 Å². The molecule has 0 unspecified atom stereocenters. The second-order valence-electron chi connectivity index (χ2n) is 2.41. The van der Waals surface area contributed by atoms with Crippen molar-refractivity contribution in [3.63, 3.8) is 0 Å². The lowest BCUT2D eigenvalue weighted by molar-refractivity contribution is 0.491. The number of nitrogens with zero attached hydrogens (tertiary/aromatic N) is 1. The van der Waals surface area contributed by atoms with Crippen LogP contribution < -0.4 is 0 Å². The number of nitriles is 1. The molecule has 0 bridgehead atoms. The average Bonchev–Trinajstić information content (AvgIpc) is 2.71. The van der Waals surface area contributed by atoms with Crippen LogP contribution in [0.4, 0.5) is 0 Å². The molecule has 0 fully saturated rings. The predicted octanol–water partition coefficient (Wildman–Crippen LogP) is 3.05. The molecule has 0 saturated heterocycles. The normalized spacial score (nSPS) is 9.77. The van der Waals surface area contributed by atoms with Gasteiger partial charge in [-0.1, -0.05) is 11.3 Å². The van der Waals surface area contributed by atoms with Gasteiger partial charge in [-0.15, -0.1) is 11.3 Å². The number of hydrogen-bond acceptors (Lipinski definition) is 4. The molecule has 2 aromatic rings. The largest absolute Gasteiger partial charge is 0.499 e. The Morgan fingerprint density at radius 1 is 1.31 bits per heavy atom. The zero-order valence-electron chi connectivity index (χ0n) is 6.52. The smallest absolute Gasteiger partial charge is 0.171 e. The summed E-state index contributed by atoms with van der Waals surface area (Å²) in [6.45, 7) is 0. The van der Waals surface area contributed by atoms with E-state index in [4.69, 9.17) is 10.4 Å². The molecule has 13 heavy (non-hydrogen) atoms. The van der Waals surface area contributed by atoms with Crippen LogP contribution in [-0.4, -0.2) is 5.11 Å². The highest BCUT2D eigenvalue weighted by atomic mass is 32.1. The fourth-order valence-electron chi connectivity index (χ4n) is 1.04. The number of rotatable bonds is 1. The van der Waals surface area contributed by atoms with Gasteiger partial charge in [-0.3, -0.25) is 0 Å². The maximum atomic E-state index is 9.16. The summed E-state index contributed by atoms with van der Waals surface area (Å²) in [7, 11) is 0. The first-order chi connectivity index (χ1) is 6.31. The summed E-state index contributed by atoms with van der Waals surface area (Å²) in [4.78, 5) is 1.89. The lowest BCUT2D eigenvalue weighted by atomic mass is 10.2. The van der Waals surface area contributed by atoms with E-state index in [0.717, 1.165) is 9.75 Å². The minimum absolute atomic E-state index is 0.285. The van der Waals surface area contributed by atoms with Crippen molar-refractivity contribution in [2.24, 2.45) is 0 Å². The number of thiophene rings is 2. The van der Waals surface area contributed by atoms with Gasteiger partial charge in [0.2, 0.25) is 0 Å². The van der Waals surface area contributed by atoms with Gasteiger partial charge in [0.15, 0.2) is 5.06 Å². The highest BCUT2D eigenvalue weighted by Crippen LogP contribution is 2.36. The first-order valence-electron chi connectivity index (χ1n) is 3.58. The van der Waals surface area contributed by atoms with E-state index in [1.807, 2.05) is 11.4 Å². The van der Waals surface area contributed by atoms with E-state index in [1.54, 1.807) is 12.1 Å². The maximum Gasteiger partial charge on any atom is 0.171 e. The molecule has 0 aromatic carbocycles. The van der Waals surface area contributed by atoms with E-state index >= 15 is 0 Å². The highest BCUT2D eigenvalue weighted by molar-refractivity contribution is 7.22. The van der Waals surface area contributed by atoms with Gasteiger partial charge in [-0.25, -0.2) is 0 Å². The molecule has 0 radical (unpaired) electrons. The molecular weight excluding hydrogens is 202 g/mol. The molecule has 0 aliphatic heterocycles. The van der Waals surface area contributed by atoms with Crippen molar-refractivity contribution in [3.05, 3.63) is 29.1 Å². The highest BCUT2D eigenvalue weighted by Gasteiger charge is 2.08. The van der Waals surface area contributed by atoms with Crippen LogP contribution in [0.3, 0.4) is 0 Å². The van der Waals surface area contributed by atoms with Crippen LogP contribution in [0.25, 0.3) is 9.75 Å². The Hall–Kier alpha value is -1.31. The molecule has 64 valence electrons. The SMILES string of the molecule is N#Cc1ccsc1-c1ccc(O)s1. The molecule has 2 rings (SSSR count). The van der Waals surface area contributed by atoms with Crippen LogP contribution >= 0.6 is 22.7 Å². The van der Waals surface area contributed by atoms with Crippen LogP contribution in [0.5, 0.6) is 5.06 Å². The van der Waals surface area contributed by atoms with Gasteiger partial charge in [0.1, 0.15) is 6.07 Å². The molecule has 1 N–H and O–H groups in total. The average molecular weight is 207 g/mol. The summed E-state index contributed by atoms with van der Waals surface area (Å²) in [5.41, 5.74) is 0.673. The van der Waals surface area contributed by atoms with Gasteiger partial charge < -0.3 is 5.11 Å². The van der Waals surface area contributed by atoms with Crippen molar-refractivity contribution in [3.8, 4) is 20.9 Å². The third-order valence-corrected chi connectivity index (χ3v) is 3.58. The van der Waals surface area contributed by atoms with E-state index in [0.29, 0.717) is 5.56 Å². The monoisotopic (exact) mass is 207 g/mol. The molecule has 2 nitrogen and oxygen atoms in total. The molecule has 2 aromatic heterocycles. The van der Waals surface area contributed by atoms with E-state index in [2.05, 4.69) is 6.07 Å². The standard InChI is InChI=1S/C9H5NOS2/c10-5-6-3-4-12-9(6)7-1-2-8(11)13-7/h1-4,11H. The summed E-state index contributed by atoms with van der Waals surface area (Å²) in [5, 5.41) is 20.1. The van der Waals surface area contributed by atoms with E-state index in [-0.39, 0.29) is 5.06 Å². The van der Waals surface area contributed by atoms with Crippen LogP contribution in [0.1, 0.15) is 5.56 Å². The van der Waals surface area contributed by atoms with Crippen molar-refractivity contribution >= 4 is 22.7 Å². The Bertz CT molecular complexity index is 464. The van der Waals surface area contributed by atoms with Crippen LogP contribution in [-0.2, 0) is 0 Å². The molecule has 0 aliphatic carbocycles. The van der Waals surface area contributed by atoms with Gasteiger partial charge >= 0.3 is 0 Å². The Morgan fingerprint density at radius 3 is 2.77 bits per heavy atom. The van der Waals surface area contributed by atoms with E-state index < -0.39 is 0 Å². The number of aromatic hydroxyl groups is 1. The Kier molecular flexibility index (Phi) is 2.05. The van der Waals surface area contributed by atoms with Crippen LogP contribution in [0.15, 0.2) is 23.6 Å². The predicted molar refractivity (Wildman–Crippen MR) is 54.0 cm³/mol. The fraction of sp³-hybridized carbons (Fsp3) is 0. The summed E-state index contributed by atoms with van der Waals surface area (Å²) in [6.07, 6.45) is 0. The van der Waals surface area contributed by atoms with Crippen molar-refractivity contribution in [2.45, 2.75) is 0 Å². The minimum Gasteiger partial charge on any atom is -0.499 e. The summed E-state index contributed by atoms with van der Waals surface area (Å²) < 4.78 is 0. The zero-order chi connectivity index (χ0) is 9.26. The first-order valence-corrected chi connectivity index (χ1v) is 5.27. The van der Waals surface area contributed by atoms with Crippen molar-refractivity contribution in [1.82, 2.24) is 0 Å². The van der Waals surface area contributed by atoms with Gasteiger partial charge in [-0.2, -0.15) is 5.26 Å². The summed E-state index contributed by atoms with van der Waals surface area (Å²) in [6, 6.07) is 7.37. The van der Waals surface area contributed by atoms with Gasteiger partial charge in [0.05, 0.1) is 10.4 Å². The van der Waals surface area contributed by atoms with Gasteiger partial charge in [-0.05, 0) is 23.6 Å². The third kappa shape index (κ3) is 1.44. The maximum absolute atomic E-state index is 9.16. The first kappa shape index (κ1) is 8.30. The second kappa shape index (κ2) is 3.21. The molecule has 2 heterocycles. The molecule has 0 spiro atoms. The van der Waals surface area contributed by atoms with E-state index in [9.17, 15) is 0 Å². The molecular formula is C9H5NOS2. The topological polar surface area (TPSA) is 44.0 Å². The lowest BCUT2D eigenvalue weighted by Crippen LogP contribution is -1.69.